The van der Waals surface area contributed by atoms with Crippen LogP contribution in [0.1, 0.15) is 89.9 Å². The van der Waals surface area contributed by atoms with E-state index in [9.17, 15) is 5.11 Å². The molecule has 0 saturated heterocycles. The monoisotopic (exact) mass is 288 g/mol. The second kappa shape index (κ2) is 16.9. The van der Waals surface area contributed by atoms with Gasteiger partial charge in [0.05, 0.1) is 6.10 Å². The third-order valence-electron chi connectivity index (χ3n) is 3.89. The molecule has 122 valence electrons. The first-order valence-electron chi connectivity index (χ1n) is 8.71. The maximum Gasteiger partial charge on any atom is 0.0541 e. The lowest BCUT2D eigenvalue weighted by Crippen LogP contribution is -2.06. The van der Waals surface area contributed by atoms with Crippen molar-refractivity contribution in [2.75, 3.05) is 13.2 Å². The number of hydrogen-bond acceptors (Lipinski definition) is 3. The van der Waals surface area contributed by atoms with Gasteiger partial charge in [-0.1, -0.05) is 64.2 Å². The molecule has 1 atom stereocenters. The van der Waals surface area contributed by atoms with E-state index >= 15 is 0 Å². The molecule has 0 aromatic heterocycles. The molecule has 0 aliphatic heterocycles. The van der Waals surface area contributed by atoms with Crippen molar-refractivity contribution in [3.05, 3.63) is 0 Å². The number of aliphatic hydroxyl groups is 3. The quantitative estimate of drug-likeness (QED) is 0.379. The summed E-state index contributed by atoms with van der Waals surface area (Å²) < 4.78 is 0. The van der Waals surface area contributed by atoms with Crippen molar-refractivity contribution in [1.82, 2.24) is 0 Å². The molecule has 0 aromatic carbocycles. The number of hydrogen-bond donors (Lipinski definition) is 3. The molecule has 0 saturated carbocycles. The van der Waals surface area contributed by atoms with E-state index in [1.54, 1.807) is 0 Å². The Kier molecular flexibility index (Phi) is 16.8. The lowest BCUT2D eigenvalue weighted by molar-refractivity contribution is 0.137. The summed E-state index contributed by atoms with van der Waals surface area (Å²) in [5.41, 5.74) is 0. The number of rotatable bonds is 16. The summed E-state index contributed by atoms with van der Waals surface area (Å²) in [6, 6.07) is 0. The molecule has 0 bridgehead atoms. The fourth-order valence-corrected chi connectivity index (χ4v) is 2.55. The Balaban J connectivity index is 3.02. The molecule has 0 spiro atoms. The molecule has 20 heavy (non-hydrogen) atoms. The smallest absolute Gasteiger partial charge is 0.0541 e. The van der Waals surface area contributed by atoms with Crippen molar-refractivity contribution in [3.8, 4) is 0 Å². The molecular formula is C17H36O3. The SMILES string of the molecule is OCCCCCCCCCCCCCC(O)CCCO. The number of unbranched alkanes of at least 4 members (excludes halogenated alkanes) is 10. The van der Waals surface area contributed by atoms with E-state index in [-0.39, 0.29) is 12.7 Å². The van der Waals surface area contributed by atoms with Gasteiger partial charge in [0, 0.05) is 13.2 Å². The largest absolute Gasteiger partial charge is 0.396 e. The Morgan fingerprint density at radius 2 is 0.800 bits per heavy atom. The van der Waals surface area contributed by atoms with Gasteiger partial charge in [0.1, 0.15) is 0 Å². The van der Waals surface area contributed by atoms with Crippen molar-refractivity contribution in [2.24, 2.45) is 0 Å². The molecule has 0 rings (SSSR count). The van der Waals surface area contributed by atoms with E-state index in [0.717, 1.165) is 32.1 Å². The van der Waals surface area contributed by atoms with E-state index in [4.69, 9.17) is 10.2 Å². The van der Waals surface area contributed by atoms with Crippen LogP contribution in [0.15, 0.2) is 0 Å². The maximum atomic E-state index is 9.61. The first kappa shape index (κ1) is 19.9. The van der Waals surface area contributed by atoms with Gasteiger partial charge in [0.15, 0.2) is 0 Å². The highest BCUT2D eigenvalue weighted by Gasteiger charge is 2.02. The van der Waals surface area contributed by atoms with Crippen molar-refractivity contribution in [2.45, 2.75) is 96.0 Å². The maximum absolute atomic E-state index is 9.61. The minimum atomic E-state index is -0.207. The summed E-state index contributed by atoms with van der Waals surface area (Å²) in [6.07, 6.45) is 15.9. The fourth-order valence-electron chi connectivity index (χ4n) is 2.55. The minimum Gasteiger partial charge on any atom is -0.396 e. The van der Waals surface area contributed by atoms with Crippen LogP contribution in [0.2, 0.25) is 0 Å². The third-order valence-corrected chi connectivity index (χ3v) is 3.89. The second-order valence-electron chi connectivity index (χ2n) is 5.92. The molecule has 3 nitrogen and oxygen atoms in total. The molecule has 0 fully saturated rings. The highest BCUT2D eigenvalue weighted by atomic mass is 16.3. The van der Waals surface area contributed by atoms with Crippen molar-refractivity contribution >= 4 is 0 Å². The van der Waals surface area contributed by atoms with Gasteiger partial charge in [-0.15, -0.1) is 0 Å². The Morgan fingerprint density at radius 3 is 1.25 bits per heavy atom. The van der Waals surface area contributed by atoms with Gasteiger partial charge in [0.2, 0.25) is 0 Å². The molecule has 3 N–H and O–H groups in total. The van der Waals surface area contributed by atoms with Gasteiger partial charge in [-0.3, -0.25) is 0 Å². The fraction of sp³-hybridized carbons (Fsp3) is 1.00. The zero-order chi connectivity index (χ0) is 14.9. The van der Waals surface area contributed by atoms with Crippen LogP contribution >= 0.6 is 0 Å². The average molecular weight is 288 g/mol. The third kappa shape index (κ3) is 15.9. The van der Waals surface area contributed by atoms with Gasteiger partial charge >= 0.3 is 0 Å². The van der Waals surface area contributed by atoms with Gasteiger partial charge < -0.3 is 15.3 Å². The van der Waals surface area contributed by atoms with Crippen LogP contribution < -0.4 is 0 Å². The van der Waals surface area contributed by atoms with E-state index in [0.29, 0.717) is 6.61 Å². The molecular weight excluding hydrogens is 252 g/mol. The van der Waals surface area contributed by atoms with Gasteiger partial charge in [-0.25, -0.2) is 0 Å². The van der Waals surface area contributed by atoms with E-state index in [1.807, 2.05) is 0 Å². The minimum absolute atomic E-state index is 0.192. The molecule has 1 unspecified atom stereocenters. The molecule has 0 radical (unpaired) electrons. The molecule has 0 aliphatic rings. The van der Waals surface area contributed by atoms with Crippen LogP contribution in [0.4, 0.5) is 0 Å². The predicted octanol–water partition coefficient (Wildman–Crippen LogP) is 3.79. The summed E-state index contributed by atoms with van der Waals surface area (Å²) >= 11 is 0. The van der Waals surface area contributed by atoms with Crippen LogP contribution in [-0.2, 0) is 0 Å². The molecule has 0 aromatic rings. The lowest BCUT2D eigenvalue weighted by atomic mass is 10.0. The van der Waals surface area contributed by atoms with Crippen molar-refractivity contribution in [3.63, 3.8) is 0 Å². The Morgan fingerprint density at radius 1 is 0.450 bits per heavy atom. The number of aliphatic hydroxyl groups excluding tert-OH is 3. The molecule has 0 amide bonds. The first-order valence-corrected chi connectivity index (χ1v) is 8.71. The predicted molar refractivity (Wildman–Crippen MR) is 84.8 cm³/mol. The summed E-state index contributed by atoms with van der Waals surface area (Å²) in [5.74, 6) is 0. The Hall–Kier alpha value is -0.120. The van der Waals surface area contributed by atoms with Crippen LogP contribution in [-0.4, -0.2) is 34.6 Å². The van der Waals surface area contributed by atoms with E-state index < -0.39 is 0 Å². The summed E-state index contributed by atoms with van der Waals surface area (Å²) in [6.45, 7) is 0.533. The summed E-state index contributed by atoms with van der Waals surface area (Å²) in [5, 5.41) is 26.9. The standard InChI is InChI=1S/C17H36O3/c18-15-11-9-7-5-3-1-2-4-6-8-10-13-17(20)14-12-16-19/h17-20H,1-16H2. The van der Waals surface area contributed by atoms with E-state index in [2.05, 4.69) is 0 Å². The first-order chi connectivity index (χ1) is 9.81. The van der Waals surface area contributed by atoms with Crippen LogP contribution in [0, 0.1) is 0 Å². The molecule has 3 heteroatoms. The second-order valence-corrected chi connectivity index (χ2v) is 5.92. The van der Waals surface area contributed by atoms with Crippen LogP contribution in [0.5, 0.6) is 0 Å². The van der Waals surface area contributed by atoms with Crippen LogP contribution in [0.3, 0.4) is 0 Å². The zero-order valence-electron chi connectivity index (χ0n) is 13.2. The Bertz CT molecular complexity index is 174. The molecule has 0 aliphatic carbocycles. The van der Waals surface area contributed by atoms with Crippen LogP contribution in [0.25, 0.3) is 0 Å². The highest BCUT2D eigenvalue weighted by molar-refractivity contribution is 4.56. The lowest BCUT2D eigenvalue weighted by Gasteiger charge is -2.09. The molecule has 0 heterocycles. The summed E-state index contributed by atoms with van der Waals surface area (Å²) in [7, 11) is 0. The average Bonchev–Trinajstić information content (AvgIpc) is 2.46. The van der Waals surface area contributed by atoms with Crippen molar-refractivity contribution < 1.29 is 15.3 Å². The van der Waals surface area contributed by atoms with Crippen molar-refractivity contribution in [1.29, 1.82) is 0 Å². The normalized spacial score (nSPS) is 12.8. The zero-order valence-corrected chi connectivity index (χ0v) is 13.2. The van der Waals surface area contributed by atoms with Gasteiger partial charge in [-0.05, 0) is 25.7 Å². The summed E-state index contributed by atoms with van der Waals surface area (Å²) in [4.78, 5) is 0. The Labute approximate surface area is 125 Å². The van der Waals surface area contributed by atoms with Gasteiger partial charge in [0.25, 0.3) is 0 Å². The van der Waals surface area contributed by atoms with E-state index in [1.165, 1.54) is 57.8 Å². The topological polar surface area (TPSA) is 60.7 Å². The van der Waals surface area contributed by atoms with Gasteiger partial charge in [-0.2, -0.15) is 0 Å². The highest BCUT2D eigenvalue weighted by Crippen LogP contribution is 2.13.